The minimum atomic E-state index is -0.124. The van der Waals surface area contributed by atoms with Crippen molar-refractivity contribution in [2.75, 3.05) is 19.7 Å². The number of likely N-dealkylation sites (tertiary alicyclic amines) is 1. The maximum Gasteiger partial charge on any atom is 0.222 e. The zero-order valence-electron chi connectivity index (χ0n) is 19.6. The average molecular weight is 461 g/mol. The predicted octanol–water partition coefficient (Wildman–Crippen LogP) is 4.14. The van der Waals surface area contributed by atoms with E-state index in [0.717, 1.165) is 56.3 Å². The van der Waals surface area contributed by atoms with Gasteiger partial charge in [0.05, 0.1) is 6.20 Å². The number of aromatic nitrogens is 2. The van der Waals surface area contributed by atoms with E-state index in [-0.39, 0.29) is 36.2 Å². The van der Waals surface area contributed by atoms with Crippen LogP contribution >= 0.6 is 0 Å². The Morgan fingerprint density at radius 2 is 2.06 bits per heavy atom. The van der Waals surface area contributed by atoms with Crippen LogP contribution in [0.15, 0.2) is 30.5 Å². The molecule has 0 radical (unpaired) electrons. The van der Waals surface area contributed by atoms with Crippen LogP contribution in [-0.2, 0) is 11.2 Å². The zero-order chi connectivity index (χ0) is 23.9. The summed E-state index contributed by atoms with van der Waals surface area (Å²) in [6, 6.07) is 8.44. The van der Waals surface area contributed by atoms with E-state index in [1.807, 2.05) is 11.0 Å². The average Bonchev–Trinajstić information content (AvgIpc) is 3.38. The molecule has 2 heterocycles. The summed E-state index contributed by atoms with van der Waals surface area (Å²) in [5, 5.41) is 18.0. The summed E-state index contributed by atoms with van der Waals surface area (Å²) in [6.07, 6.45) is 11.1. The van der Waals surface area contributed by atoms with Crippen molar-refractivity contribution in [1.82, 2.24) is 14.9 Å². The molecular formula is C27H32N4O3. The molecule has 0 saturated carbocycles. The lowest BCUT2D eigenvalue weighted by atomic mass is 9.83. The van der Waals surface area contributed by atoms with Crippen molar-refractivity contribution >= 4 is 17.3 Å². The number of ketones is 1. The number of nitriles is 1. The van der Waals surface area contributed by atoms with Crippen LogP contribution in [0.3, 0.4) is 0 Å². The molecule has 0 atom stereocenters. The number of aliphatic hydroxyl groups excluding tert-OH is 1. The normalized spacial score (nSPS) is 16.7. The number of benzene rings is 1. The largest absolute Gasteiger partial charge is 0.396 e. The lowest BCUT2D eigenvalue weighted by molar-refractivity contribution is -0.132. The highest BCUT2D eigenvalue weighted by molar-refractivity contribution is 5.95. The molecule has 178 valence electrons. The lowest BCUT2D eigenvalue weighted by Gasteiger charge is -2.33. The van der Waals surface area contributed by atoms with Gasteiger partial charge in [-0.25, -0.2) is 4.98 Å². The molecule has 0 bridgehead atoms. The number of aromatic amines is 1. The van der Waals surface area contributed by atoms with E-state index in [9.17, 15) is 9.59 Å². The Bertz CT molecular complexity index is 1100. The number of Topliss-reactive ketones (excluding diaryl/α,β-unsaturated/α-hetero) is 1. The first-order valence-electron chi connectivity index (χ1n) is 12.3. The van der Waals surface area contributed by atoms with Crippen LogP contribution in [0.25, 0.3) is 5.57 Å². The number of amides is 1. The quantitative estimate of drug-likeness (QED) is 0.575. The minimum Gasteiger partial charge on any atom is -0.396 e. The minimum absolute atomic E-state index is 0.0507. The molecule has 0 unspecified atom stereocenters. The first-order valence-corrected chi connectivity index (χ1v) is 12.3. The number of imidazole rings is 1. The monoisotopic (exact) mass is 460 g/mol. The summed E-state index contributed by atoms with van der Waals surface area (Å²) in [7, 11) is 0. The Kier molecular flexibility index (Phi) is 7.91. The molecule has 1 aromatic heterocycles. The van der Waals surface area contributed by atoms with Gasteiger partial charge in [-0.05, 0) is 73.1 Å². The van der Waals surface area contributed by atoms with E-state index < -0.39 is 0 Å². The molecule has 1 amide bonds. The van der Waals surface area contributed by atoms with Crippen LogP contribution in [0.4, 0.5) is 0 Å². The number of rotatable bonds is 8. The van der Waals surface area contributed by atoms with Gasteiger partial charge >= 0.3 is 0 Å². The SMILES string of the molecule is N#Cc1cnc(C(=O)Cc2ccc(C3CCN(C(=O)CCCO)CC3)cc2C2=CCCCC2)[nH]1. The number of piperidine rings is 1. The molecule has 0 spiro atoms. The van der Waals surface area contributed by atoms with Crippen LogP contribution in [0, 0.1) is 11.3 Å². The number of nitrogens with zero attached hydrogens (tertiary/aromatic N) is 3. The van der Waals surface area contributed by atoms with E-state index in [2.05, 4.69) is 34.2 Å². The van der Waals surface area contributed by atoms with Gasteiger partial charge in [0.15, 0.2) is 5.82 Å². The van der Waals surface area contributed by atoms with Crippen molar-refractivity contribution in [1.29, 1.82) is 5.26 Å². The van der Waals surface area contributed by atoms with Crippen LogP contribution in [-0.4, -0.2) is 51.4 Å². The van der Waals surface area contributed by atoms with E-state index in [4.69, 9.17) is 10.4 Å². The number of nitrogens with one attached hydrogen (secondary N) is 1. The Labute approximate surface area is 200 Å². The summed E-state index contributed by atoms with van der Waals surface area (Å²) < 4.78 is 0. The number of carbonyl (C=O) groups is 2. The van der Waals surface area contributed by atoms with Gasteiger partial charge < -0.3 is 15.0 Å². The number of allylic oxidation sites excluding steroid dienone is 2. The van der Waals surface area contributed by atoms with Crippen molar-refractivity contribution in [3.63, 3.8) is 0 Å². The fraction of sp³-hybridized carbons (Fsp3) is 0.481. The van der Waals surface area contributed by atoms with E-state index in [1.54, 1.807) is 0 Å². The summed E-state index contributed by atoms with van der Waals surface area (Å²) in [5.41, 5.74) is 5.01. The number of H-pyrrole nitrogens is 1. The van der Waals surface area contributed by atoms with Gasteiger partial charge in [0.1, 0.15) is 11.8 Å². The number of carbonyl (C=O) groups excluding carboxylic acids is 2. The third-order valence-electron chi connectivity index (χ3n) is 6.95. The van der Waals surface area contributed by atoms with Crippen molar-refractivity contribution in [3.8, 4) is 6.07 Å². The molecular weight excluding hydrogens is 428 g/mol. The van der Waals surface area contributed by atoms with Crippen LogP contribution in [0.5, 0.6) is 0 Å². The highest BCUT2D eigenvalue weighted by Gasteiger charge is 2.25. The Hall–Kier alpha value is -3.24. The Morgan fingerprint density at radius 1 is 1.24 bits per heavy atom. The maximum atomic E-state index is 12.9. The van der Waals surface area contributed by atoms with Gasteiger partial charge in [-0.2, -0.15) is 5.26 Å². The summed E-state index contributed by atoms with van der Waals surface area (Å²) in [5.74, 6) is 0.619. The fourth-order valence-corrected chi connectivity index (χ4v) is 5.01. The standard InChI is InChI=1S/C27H32N4O3/c28-17-23-18-29-27(30-23)25(33)16-22-9-8-21(15-24(22)20-5-2-1-3-6-20)19-10-12-31(13-11-19)26(34)7-4-14-32/h5,8-9,15,18-19,32H,1-4,6-7,10-14,16H2,(H,29,30). The number of aliphatic hydroxyl groups is 1. The maximum absolute atomic E-state index is 12.9. The summed E-state index contributed by atoms with van der Waals surface area (Å²) >= 11 is 0. The van der Waals surface area contributed by atoms with Gasteiger partial charge in [0.25, 0.3) is 0 Å². The fourth-order valence-electron chi connectivity index (χ4n) is 5.01. The predicted molar refractivity (Wildman–Crippen MR) is 129 cm³/mol. The zero-order valence-corrected chi connectivity index (χ0v) is 19.6. The van der Waals surface area contributed by atoms with E-state index in [1.165, 1.54) is 23.8 Å². The highest BCUT2D eigenvalue weighted by Crippen LogP contribution is 2.35. The number of hydrogen-bond donors (Lipinski definition) is 2. The van der Waals surface area contributed by atoms with Crippen molar-refractivity contribution in [2.24, 2.45) is 0 Å². The van der Waals surface area contributed by atoms with E-state index in [0.29, 0.717) is 18.8 Å². The molecule has 2 aromatic rings. The van der Waals surface area contributed by atoms with Gasteiger partial charge in [-0.3, -0.25) is 9.59 Å². The first-order chi connectivity index (χ1) is 16.6. The van der Waals surface area contributed by atoms with Gasteiger partial charge in [0.2, 0.25) is 11.7 Å². The Balaban J connectivity index is 1.52. The third-order valence-corrected chi connectivity index (χ3v) is 6.95. The Morgan fingerprint density at radius 3 is 2.74 bits per heavy atom. The first kappa shape index (κ1) is 23.9. The highest BCUT2D eigenvalue weighted by atomic mass is 16.3. The van der Waals surface area contributed by atoms with Gasteiger partial charge in [-0.1, -0.05) is 24.3 Å². The van der Waals surface area contributed by atoms with Crippen LogP contribution < -0.4 is 0 Å². The molecule has 7 nitrogen and oxygen atoms in total. The van der Waals surface area contributed by atoms with Gasteiger partial charge in [0, 0.05) is 32.5 Å². The molecule has 34 heavy (non-hydrogen) atoms. The second kappa shape index (κ2) is 11.3. The molecule has 7 heteroatoms. The van der Waals surface area contributed by atoms with E-state index >= 15 is 0 Å². The van der Waals surface area contributed by atoms with Gasteiger partial charge in [-0.15, -0.1) is 0 Å². The lowest BCUT2D eigenvalue weighted by Crippen LogP contribution is -2.37. The molecule has 2 aliphatic rings. The molecule has 1 fully saturated rings. The van der Waals surface area contributed by atoms with Crippen molar-refractivity contribution < 1.29 is 14.7 Å². The second-order valence-electron chi connectivity index (χ2n) is 9.23. The smallest absolute Gasteiger partial charge is 0.222 e. The van der Waals surface area contributed by atoms with Crippen molar-refractivity contribution in [2.45, 2.75) is 63.7 Å². The van der Waals surface area contributed by atoms with Crippen molar-refractivity contribution in [3.05, 3.63) is 58.7 Å². The molecule has 1 aromatic carbocycles. The molecule has 2 N–H and O–H groups in total. The van der Waals surface area contributed by atoms with Crippen LogP contribution in [0.2, 0.25) is 0 Å². The number of hydrogen-bond acceptors (Lipinski definition) is 5. The second-order valence-corrected chi connectivity index (χ2v) is 9.23. The molecule has 1 saturated heterocycles. The molecule has 1 aliphatic carbocycles. The summed E-state index contributed by atoms with van der Waals surface area (Å²) in [6.45, 7) is 1.54. The van der Waals surface area contributed by atoms with Crippen LogP contribution in [0.1, 0.15) is 90.3 Å². The molecule has 4 rings (SSSR count). The molecule has 1 aliphatic heterocycles. The topological polar surface area (TPSA) is 110 Å². The third kappa shape index (κ3) is 5.63. The summed E-state index contributed by atoms with van der Waals surface area (Å²) in [4.78, 5) is 33.9.